The average Bonchev–Trinajstić information content (AvgIpc) is 1.81. The average molecular weight is 113 g/mol. The summed E-state index contributed by atoms with van der Waals surface area (Å²) in [5.41, 5.74) is 14.1. The summed E-state index contributed by atoms with van der Waals surface area (Å²) in [6.07, 6.45) is 0.674. The lowest BCUT2D eigenvalue weighted by atomic mass is 10.4. The van der Waals surface area contributed by atoms with Crippen LogP contribution in [0.1, 0.15) is 6.42 Å². The second kappa shape index (κ2) is 5.91. The summed E-state index contributed by atoms with van der Waals surface area (Å²) in [7, 11) is 0. The van der Waals surface area contributed by atoms with Gasteiger partial charge in [-0.1, -0.05) is 5.11 Å². The van der Waals surface area contributed by atoms with Crippen LogP contribution in [-0.2, 0) is 0 Å². The van der Waals surface area contributed by atoms with Crippen molar-refractivity contribution in [2.24, 2.45) is 10.2 Å². The molecule has 8 heavy (non-hydrogen) atoms. The van der Waals surface area contributed by atoms with Crippen LogP contribution in [0.4, 0.5) is 0 Å². The molecule has 5 heteroatoms. The molecule has 0 heterocycles. The van der Waals surface area contributed by atoms with Gasteiger partial charge < -0.3 is 0 Å². The van der Waals surface area contributed by atoms with Gasteiger partial charge in [0.2, 0.25) is 0 Å². The van der Waals surface area contributed by atoms with Crippen molar-refractivity contribution >= 4 is 0 Å². The molecular weight excluding hydrogens is 106 g/mol. The van der Waals surface area contributed by atoms with E-state index in [-0.39, 0.29) is 0 Å². The summed E-state index contributed by atoms with van der Waals surface area (Å²) in [6.45, 7) is 0.901. The summed E-state index contributed by atoms with van der Waals surface area (Å²) in [4.78, 5) is 2.53. The lowest BCUT2D eigenvalue weighted by Crippen LogP contribution is -1.81. The van der Waals surface area contributed by atoms with Crippen LogP contribution in [0.2, 0.25) is 0 Å². The summed E-state index contributed by atoms with van der Waals surface area (Å²) in [5.74, 6) is 0. The van der Waals surface area contributed by atoms with Crippen LogP contribution in [0.15, 0.2) is 10.2 Å². The molecule has 0 saturated carbocycles. The summed E-state index contributed by atoms with van der Waals surface area (Å²) < 4.78 is 0. The highest BCUT2D eigenvalue weighted by molar-refractivity contribution is 4.46. The maximum atomic E-state index is 7.75. The van der Waals surface area contributed by atoms with Gasteiger partial charge in [0.05, 0.1) is 6.54 Å². The number of hydrogen-bond donors (Lipinski definition) is 1. The number of nitrogens with one attached hydrogen (secondary N) is 1. The highest BCUT2D eigenvalue weighted by atomic mass is 15.1. The topological polar surface area (TPSA) is 85.0 Å². The molecule has 0 bridgehead atoms. The van der Waals surface area contributed by atoms with Crippen molar-refractivity contribution in [1.82, 2.24) is 0 Å². The molecule has 0 atom stereocenters. The van der Waals surface area contributed by atoms with E-state index >= 15 is 0 Å². The largest absolute Gasteiger partial charge is 0.210 e. The maximum Gasteiger partial charge on any atom is 0.0597 e. The van der Waals surface area contributed by atoms with Crippen LogP contribution in [0.25, 0.3) is 10.4 Å². The fourth-order valence-electron chi connectivity index (χ4n) is 0.265. The first-order chi connectivity index (χ1) is 3.91. The highest BCUT2D eigenvalue weighted by Crippen LogP contribution is 1.80. The molecule has 0 fully saturated rings. The Balaban J connectivity index is 2.93. The van der Waals surface area contributed by atoms with Crippen molar-refractivity contribution < 1.29 is 0 Å². The monoisotopic (exact) mass is 113 g/mol. The minimum Gasteiger partial charge on any atom is -0.210 e. The van der Waals surface area contributed by atoms with Gasteiger partial charge in [0.15, 0.2) is 0 Å². The highest BCUT2D eigenvalue weighted by Gasteiger charge is 1.78. The zero-order valence-corrected chi connectivity index (χ0v) is 4.41. The third-order valence-corrected chi connectivity index (χ3v) is 0.591. The van der Waals surface area contributed by atoms with Gasteiger partial charge in [0.1, 0.15) is 0 Å². The first-order valence-electron chi connectivity index (χ1n) is 2.26. The number of hydrogen-bond acceptors (Lipinski definition) is 3. The van der Waals surface area contributed by atoms with Crippen molar-refractivity contribution in [2.75, 3.05) is 13.1 Å². The summed E-state index contributed by atoms with van der Waals surface area (Å²) >= 11 is 0. The molecule has 0 aliphatic rings. The van der Waals surface area contributed by atoms with Crippen LogP contribution in [0.5, 0.6) is 0 Å². The molecule has 0 aromatic rings. The molecule has 5 nitrogen and oxygen atoms in total. The molecular formula is C3H7N5. The zero-order valence-electron chi connectivity index (χ0n) is 4.41. The predicted octanol–water partition coefficient (Wildman–Crippen LogP) is 1.72. The normalized spacial score (nSPS) is 7.50. The fraction of sp³-hybridized carbons (Fsp3) is 1.00. The molecule has 44 valence electrons. The van der Waals surface area contributed by atoms with Gasteiger partial charge in [0, 0.05) is 11.5 Å². The molecule has 1 N–H and O–H groups in total. The van der Waals surface area contributed by atoms with E-state index in [0.717, 1.165) is 0 Å². The standard InChI is InChI=1S/C3H7N5/c4-6-2-1-3-7-8-5/h4H,1-3H2. The van der Waals surface area contributed by atoms with Crippen molar-refractivity contribution in [1.29, 1.82) is 5.53 Å². The quantitative estimate of drug-likeness (QED) is 0.249. The van der Waals surface area contributed by atoms with Crippen LogP contribution < -0.4 is 0 Å². The Bertz CT molecular complexity index is 102. The Labute approximate surface area is 46.8 Å². The van der Waals surface area contributed by atoms with Gasteiger partial charge in [-0.2, -0.15) is 5.11 Å². The number of rotatable bonds is 4. The third kappa shape index (κ3) is 4.91. The van der Waals surface area contributed by atoms with Gasteiger partial charge in [-0.25, -0.2) is 5.53 Å². The van der Waals surface area contributed by atoms with Crippen molar-refractivity contribution in [3.63, 3.8) is 0 Å². The second-order valence-corrected chi connectivity index (χ2v) is 1.19. The van der Waals surface area contributed by atoms with E-state index < -0.39 is 0 Å². The minimum absolute atomic E-state index is 0.443. The van der Waals surface area contributed by atoms with Crippen LogP contribution in [-0.4, -0.2) is 13.1 Å². The number of nitrogens with zero attached hydrogens (tertiary/aromatic N) is 4. The molecule has 0 aliphatic heterocycles. The van der Waals surface area contributed by atoms with Crippen molar-refractivity contribution in [3.8, 4) is 0 Å². The predicted molar refractivity (Wildman–Crippen MR) is 28.6 cm³/mol. The Hall–Kier alpha value is -1.09. The molecule has 0 aliphatic carbocycles. The Kier molecular flexibility index (Phi) is 5.10. The fourth-order valence-corrected chi connectivity index (χ4v) is 0.265. The lowest BCUT2D eigenvalue weighted by molar-refractivity contribution is 0.787. The molecule has 0 spiro atoms. The van der Waals surface area contributed by atoms with Crippen LogP contribution >= 0.6 is 0 Å². The minimum atomic E-state index is 0.443. The molecule has 0 radical (unpaired) electrons. The van der Waals surface area contributed by atoms with E-state index in [2.05, 4.69) is 15.1 Å². The Morgan fingerprint density at radius 2 is 2.25 bits per heavy atom. The van der Waals surface area contributed by atoms with Crippen molar-refractivity contribution in [2.45, 2.75) is 6.42 Å². The van der Waals surface area contributed by atoms with Gasteiger partial charge >= 0.3 is 0 Å². The summed E-state index contributed by atoms with van der Waals surface area (Å²) in [5, 5.41) is 6.32. The molecule has 0 saturated heterocycles. The Morgan fingerprint density at radius 3 is 2.75 bits per heavy atom. The third-order valence-electron chi connectivity index (χ3n) is 0.591. The smallest absolute Gasteiger partial charge is 0.0597 e. The Morgan fingerprint density at radius 1 is 1.50 bits per heavy atom. The van der Waals surface area contributed by atoms with E-state index in [1.165, 1.54) is 0 Å². The first kappa shape index (κ1) is 6.91. The molecule has 0 aromatic heterocycles. The van der Waals surface area contributed by atoms with Gasteiger partial charge in [-0.05, 0) is 12.0 Å². The van der Waals surface area contributed by atoms with Crippen LogP contribution in [0, 0.1) is 5.53 Å². The number of azide groups is 1. The second-order valence-electron chi connectivity index (χ2n) is 1.19. The van der Waals surface area contributed by atoms with E-state index in [1.54, 1.807) is 0 Å². The lowest BCUT2D eigenvalue weighted by Gasteiger charge is -1.81. The SMILES string of the molecule is [N-]=[N+]=NCCCN=N. The molecule has 0 aromatic carbocycles. The van der Waals surface area contributed by atoms with E-state index in [1.807, 2.05) is 0 Å². The van der Waals surface area contributed by atoms with Gasteiger partial charge in [-0.3, -0.25) is 0 Å². The van der Waals surface area contributed by atoms with E-state index in [0.29, 0.717) is 19.5 Å². The molecule has 0 rings (SSSR count). The van der Waals surface area contributed by atoms with Crippen molar-refractivity contribution in [3.05, 3.63) is 10.4 Å². The van der Waals surface area contributed by atoms with Gasteiger partial charge in [0.25, 0.3) is 0 Å². The van der Waals surface area contributed by atoms with Gasteiger partial charge in [-0.15, -0.1) is 0 Å². The van der Waals surface area contributed by atoms with E-state index in [4.69, 9.17) is 11.1 Å². The molecule has 0 unspecified atom stereocenters. The van der Waals surface area contributed by atoms with Crippen LogP contribution in [0.3, 0.4) is 0 Å². The summed E-state index contributed by atoms with van der Waals surface area (Å²) in [6, 6.07) is 0. The molecule has 0 amide bonds. The first-order valence-corrected chi connectivity index (χ1v) is 2.26. The zero-order chi connectivity index (χ0) is 6.24. The van der Waals surface area contributed by atoms with E-state index in [9.17, 15) is 0 Å². The maximum absolute atomic E-state index is 7.75.